The van der Waals surface area contributed by atoms with Crippen molar-refractivity contribution in [3.8, 4) is 0 Å². The smallest absolute Gasteiger partial charge is 0.325 e. The average Bonchev–Trinajstić information content (AvgIpc) is 2.96. The van der Waals surface area contributed by atoms with Gasteiger partial charge in [-0.3, -0.25) is 14.5 Å². The fourth-order valence-electron chi connectivity index (χ4n) is 4.13. The quantitative estimate of drug-likeness (QED) is 0.430. The van der Waals surface area contributed by atoms with Crippen LogP contribution in [0.5, 0.6) is 0 Å². The predicted octanol–water partition coefficient (Wildman–Crippen LogP) is 4.69. The minimum Gasteiger partial charge on any atom is -0.348 e. The van der Waals surface area contributed by atoms with Gasteiger partial charge < -0.3 is 10.6 Å². The Labute approximate surface area is 184 Å². The summed E-state index contributed by atoms with van der Waals surface area (Å²) < 4.78 is 0. The third kappa shape index (κ3) is 5.43. The van der Waals surface area contributed by atoms with Crippen LogP contribution in [0.4, 0.5) is 4.79 Å². The first kappa shape index (κ1) is 22.8. The maximum Gasteiger partial charge on any atom is 0.325 e. The van der Waals surface area contributed by atoms with Crippen LogP contribution in [0.2, 0.25) is 0 Å². The number of benzene rings is 2. The number of nitrogens with zero attached hydrogens (tertiary/aromatic N) is 1. The molecule has 166 valence electrons. The van der Waals surface area contributed by atoms with E-state index in [0.29, 0.717) is 6.42 Å². The fraction of sp³-hybridized carbons (Fsp3) is 0.480. The highest BCUT2D eigenvalue weighted by atomic mass is 16.2. The van der Waals surface area contributed by atoms with Gasteiger partial charge in [-0.2, -0.15) is 0 Å². The number of nitrogens with one attached hydrogen (secondary N) is 2. The zero-order valence-electron chi connectivity index (χ0n) is 18.7. The van der Waals surface area contributed by atoms with Crippen molar-refractivity contribution in [3.63, 3.8) is 0 Å². The number of hydrogen-bond acceptors (Lipinski definition) is 3. The molecule has 1 saturated heterocycles. The lowest BCUT2D eigenvalue weighted by molar-refractivity contribution is -0.135. The van der Waals surface area contributed by atoms with Crippen LogP contribution < -0.4 is 10.6 Å². The molecule has 1 aliphatic heterocycles. The highest BCUT2D eigenvalue weighted by Crippen LogP contribution is 2.24. The molecule has 0 aliphatic carbocycles. The number of rotatable bonds is 10. The van der Waals surface area contributed by atoms with Crippen LogP contribution in [0.3, 0.4) is 0 Å². The number of unbranched alkanes of at least 4 members (excludes halogenated alkanes) is 4. The van der Waals surface area contributed by atoms with Gasteiger partial charge in [-0.25, -0.2) is 4.79 Å². The van der Waals surface area contributed by atoms with Crippen molar-refractivity contribution >= 4 is 28.6 Å². The number of fused-ring (bicyclic) bond motifs is 1. The Kier molecular flexibility index (Phi) is 7.31. The maximum absolute atomic E-state index is 12.9. The number of hydrogen-bond donors (Lipinski definition) is 2. The average molecular weight is 424 g/mol. The van der Waals surface area contributed by atoms with Gasteiger partial charge in [-0.15, -0.1) is 0 Å². The first-order valence-electron chi connectivity index (χ1n) is 11.3. The van der Waals surface area contributed by atoms with E-state index in [-0.39, 0.29) is 24.4 Å². The second-order valence-corrected chi connectivity index (χ2v) is 8.71. The first-order chi connectivity index (χ1) is 14.8. The van der Waals surface area contributed by atoms with Crippen LogP contribution in [0.25, 0.3) is 10.8 Å². The van der Waals surface area contributed by atoms with E-state index in [1.807, 2.05) is 49.4 Å². The van der Waals surface area contributed by atoms with E-state index in [1.165, 1.54) is 6.42 Å². The van der Waals surface area contributed by atoms with Gasteiger partial charge in [0.25, 0.3) is 5.91 Å². The predicted molar refractivity (Wildman–Crippen MR) is 123 cm³/mol. The standard InChI is InChI=1S/C25H33N3O3/c1-4-5-6-7-10-15-25(3)23(30)28(24(31)27-25)17-22(29)26-18(2)20-14-13-19-11-8-9-12-21(19)16-20/h8-9,11-14,16,18H,4-7,10,15,17H2,1-3H3,(H,26,29)(H,27,31)/t18-,25-/m0/s1. The van der Waals surface area contributed by atoms with Crippen LogP contribution in [0, 0.1) is 0 Å². The minimum atomic E-state index is -0.923. The molecule has 0 aromatic heterocycles. The van der Waals surface area contributed by atoms with E-state index in [2.05, 4.69) is 17.6 Å². The number of carbonyl (C=O) groups is 3. The first-order valence-corrected chi connectivity index (χ1v) is 11.3. The molecule has 3 rings (SSSR count). The lowest BCUT2D eigenvalue weighted by atomic mass is 9.94. The van der Waals surface area contributed by atoms with E-state index in [0.717, 1.165) is 46.9 Å². The topological polar surface area (TPSA) is 78.5 Å². The molecular weight excluding hydrogens is 390 g/mol. The summed E-state index contributed by atoms with van der Waals surface area (Å²) in [7, 11) is 0. The molecule has 2 aromatic rings. The van der Waals surface area contributed by atoms with E-state index in [9.17, 15) is 14.4 Å². The van der Waals surface area contributed by atoms with Gasteiger partial charge in [0.2, 0.25) is 5.91 Å². The van der Waals surface area contributed by atoms with Gasteiger partial charge in [0.15, 0.2) is 0 Å². The van der Waals surface area contributed by atoms with Gasteiger partial charge >= 0.3 is 6.03 Å². The Balaban J connectivity index is 1.56. The Morgan fingerprint density at radius 3 is 2.52 bits per heavy atom. The molecule has 0 radical (unpaired) electrons. The van der Waals surface area contributed by atoms with Crippen molar-refractivity contribution < 1.29 is 14.4 Å². The molecule has 2 atom stereocenters. The highest BCUT2D eigenvalue weighted by molar-refractivity contribution is 6.08. The lowest BCUT2D eigenvalue weighted by Gasteiger charge is -2.22. The van der Waals surface area contributed by atoms with Crippen molar-refractivity contribution in [2.24, 2.45) is 0 Å². The SMILES string of the molecule is CCCCCCC[C@]1(C)NC(=O)N(CC(=O)N[C@@H](C)c2ccc3ccccc3c2)C1=O. The zero-order valence-corrected chi connectivity index (χ0v) is 18.7. The van der Waals surface area contributed by atoms with Crippen LogP contribution in [-0.2, 0) is 9.59 Å². The van der Waals surface area contributed by atoms with E-state index in [1.54, 1.807) is 6.92 Å². The van der Waals surface area contributed by atoms with Crippen LogP contribution in [-0.4, -0.2) is 34.8 Å². The summed E-state index contributed by atoms with van der Waals surface area (Å²) in [6.07, 6.45) is 5.98. The molecule has 31 heavy (non-hydrogen) atoms. The molecule has 1 aliphatic rings. The van der Waals surface area contributed by atoms with Gasteiger partial charge in [-0.1, -0.05) is 75.4 Å². The van der Waals surface area contributed by atoms with E-state index < -0.39 is 11.6 Å². The van der Waals surface area contributed by atoms with Gasteiger partial charge in [0.05, 0.1) is 6.04 Å². The molecule has 4 amide bonds. The molecule has 0 bridgehead atoms. The van der Waals surface area contributed by atoms with Crippen LogP contribution >= 0.6 is 0 Å². The minimum absolute atomic E-state index is 0.233. The number of amides is 4. The molecule has 6 nitrogen and oxygen atoms in total. The van der Waals surface area contributed by atoms with Crippen molar-refractivity contribution in [1.29, 1.82) is 0 Å². The lowest BCUT2D eigenvalue weighted by Crippen LogP contribution is -2.45. The van der Waals surface area contributed by atoms with Crippen LogP contribution in [0.1, 0.15) is 70.9 Å². The molecule has 0 unspecified atom stereocenters. The Bertz CT molecular complexity index is 958. The molecule has 1 fully saturated rings. The van der Waals surface area contributed by atoms with Gasteiger partial charge in [0, 0.05) is 0 Å². The van der Waals surface area contributed by atoms with Crippen molar-refractivity contribution in [2.45, 2.75) is 70.9 Å². The molecule has 2 N–H and O–H groups in total. The summed E-state index contributed by atoms with van der Waals surface area (Å²) >= 11 is 0. The van der Waals surface area contributed by atoms with Crippen molar-refractivity contribution in [3.05, 3.63) is 48.0 Å². The van der Waals surface area contributed by atoms with Gasteiger partial charge in [-0.05, 0) is 42.7 Å². The second kappa shape index (κ2) is 9.94. The number of urea groups is 1. The largest absolute Gasteiger partial charge is 0.348 e. The summed E-state index contributed by atoms with van der Waals surface area (Å²) in [6, 6.07) is 13.4. The number of imide groups is 1. The summed E-state index contributed by atoms with van der Waals surface area (Å²) in [5.74, 6) is -0.669. The van der Waals surface area contributed by atoms with Crippen molar-refractivity contribution in [2.75, 3.05) is 6.54 Å². The third-order valence-electron chi connectivity index (χ3n) is 6.08. The molecular formula is C25H33N3O3. The summed E-state index contributed by atoms with van der Waals surface area (Å²) in [5, 5.41) is 7.94. The zero-order chi connectivity index (χ0) is 22.4. The van der Waals surface area contributed by atoms with E-state index in [4.69, 9.17) is 0 Å². The molecule has 0 saturated carbocycles. The molecule has 2 aromatic carbocycles. The van der Waals surface area contributed by atoms with Crippen LogP contribution in [0.15, 0.2) is 42.5 Å². The maximum atomic E-state index is 12.9. The van der Waals surface area contributed by atoms with Crippen molar-refractivity contribution in [1.82, 2.24) is 15.5 Å². The Hall–Kier alpha value is -2.89. The fourth-order valence-corrected chi connectivity index (χ4v) is 4.13. The number of carbonyl (C=O) groups excluding carboxylic acids is 3. The molecule has 6 heteroatoms. The summed E-state index contributed by atoms with van der Waals surface area (Å²) in [5.41, 5.74) is 0.0502. The molecule has 1 heterocycles. The summed E-state index contributed by atoms with van der Waals surface area (Å²) in [6.45, 7) is 5.54. The Morgan fingerprint density at radius 1 is 1.06 bits per heavy atom. The monoisotopic (exact) mass is 423 g/mol. The normalized spacial score (nSPS) is 19.5. The third-order valence-corrected chi connectivity index (χ3v) is 6.08. The van der Waals surface area contributed by atoms with Gasteiger partial charge in [0.1, 0.15) is 12.1 Å². The highest BCUT2D eigenvalue weighted by Gasteiger charge is 2.47. The Morgan fingerprint density at radius 2 is 1.77 bits per heavy atom. The molecule has 0 spiro atoms. The summed E-state index contributed by atoms with van der Waals surface area (Å²) in [4.78, 5) is 38.9. The second-order valence-electron chi connectivity index (χ2n) is 8.71. The van der Waals surface area contributed by atoms with E-state index >= 15 is 0 Å².